The van der Waals surface area contributed by atoms with Crippen molar-refractivity contribution in [3.63, 3.8) is 0 Å². The van der Waals surface area contributed by atoms with Gasteiger partial charge in [0.1, 0.15) is 0 Å². The number of carbonyl (C=O) groups excluding carboxylic acids is 1. The quantitative estimate of drug-likeness (QED) is 0.481. The van der Waals surface area contributed by atoms with Gasteiger partial charge in [0.15, 0.2) is 0 Å². The van der Waals surface area contributed by atoms with E-state index in [9.17, 15) is 4.79 Å². The highest BCUT2D eigenvalue weighted by Crippen LogP contribution is 2.00. The smallest absolute Gasteiger partial charge is 0.213 e. The summed E-state index contributed by atoms with van der Waals surface area (Å²) >= 11 is 0. The Bertz CT molecular complexity index is 246. The van der Waals surface area contributed by atoms with Crippen molar-refractivity contribution in [3.8, 4) is 0 Å². The van der Waals surface area contributed by atoms with Crippen LogP contribution in [-0.4, -0.2) is 38.5 Å². The lowest BCUT2D eigenvalue weighted by Gasteiger charge is -2.17. The Balaban J connectivity index is 4.36. The molecule has 0 aromatic rings. The summed E-state index contributed by atoms with van der Waals surface area (Å²) < 4.78 is 0. The van der Waals surface area contributed by atoms with E-state index in [1.165, 1.54) is 0 Å². The van der Waals surface area contributed by atoms with Crippen LogP contribution in [0.5, 0.6) is 0 Å². The van der Waals surface area contributed by atoms with Crippen LogP contribution in [0, 0.1) is 0 Å². The lowest BCUT2D eigenvalue weighted by atomic mass is 10.3. The lowest BCUT2D eigenvalue weighted by molar-refractivity contribution is -0.116. The molecule has 0 saturated heterocycles. The predicted molar refractivity (Wildman–Crippen MR) is 63.3 cm³/mol. The molecule has 15 heavy (non-hydrogen) atoms. The Hall–Kier alpha value is -1.29. The van der Waals surface area contributed by atoms with Crippen LogP contribution in [-0.2, 0) is 4.79 Å². The number of nitrogens with one attached hydrogen (secondary N) is 2. The molecular weight excluding hydrogens is 190 g/mol. The van der Waals surface area contributed by atoms with E-state index in [0.29, 0.717) is 6.54 Å². The van der Waals surface area contributed by atoms with Crippen molar-refractivity contribution in [1.82, 2.24) is 15.5 Å². The molecule has 0 unspecified atom stereocenters. The maximum absolute atomic E-state index is 10.8. The third-order valence-corrected chi connectivity index (χ3v) is 2.15. The number of likely N-dealkylation sites (N-methyl/N-ethyl adjacent to an activating group) is 1. The molecule has 4 heteroatoms. The first-order valence-corrected chi connectivity index (χ1v) is 5.05. The zero-order valence-corrected chi connectivity index (χ0v) is 10.0. The van der Waals surface area contributed by atoms with Crippen molar-refractivity contribution in [2.45, 2.75) is 13.8 Å². The van der Waals surface area contributed by atoms with Crippen LogP contribution in [0.4, 0.5) is 0 Å². The minimum Gasteiger partial charge on any atom is -0.392 e. The second kappa shape index (κ2) is 8.05. The fourth-order valence-corrected chi connectivity index (χ4v) is 0.969. The average molecular weight is 211 g/mol. The fraction of sp³-hybridized carbons (Fsp3) is 0.545. The number of nitrogens with zero attached hydrogens (tertiary/aromatic N) is 1. The second-order valence-electron chi connectivity index (χ2n) is 3.31. The van der Waals surface area contributed by atoms with E-state index in [1.54, 1.807) is 4.90 Å². The maximum atomic E-state index is 10.8. The topological polar surface area (TPSA) is 44.4 Å². The number of amides is 1. The first-order valence-electron chi connectivity index (χ1n) is 5.05. The summed E-state index contributed by atoms with van der Waals surface area (Å²) in [6.45, 7) is 5.37. The van der Waals surface area contributed by atoms with E-state index in [0.717, 1.165) is 24.3 Å². The van der Waals surface area contributed by atoms with E-state index < -0.39 is 0 Å². The van der Waals surface area contributed by atoms with Crippen LogP contribution in [0.2, 0.25) is 0 Å². The van der Waals surface area contributed by atoms with Crippen molar-refractivity contribution in [2.75, 3.05) is 27.2 Å². The van der Waals surface area contributed by atoms with E-state index in [2.05, 4.69) is 10.6 Å². The molecule has 0 aliphatic carbocycles. The van der Waals surface area contributed by atoms with Crippen molar-refractivity contribution in [1.29, 1.82) is 0 Å². The molecule has 0 aromatic carbocycles. The van der Waals surface area contributed by atoms with E-state index >= 15 is 0 Å². The van der Waals surface area contributed by atoms with E-state index in [-0.39, 0.29) is 0 Å². The fourth-order valence-electron chi connectivity index (χ4n) is 0.969. The van der Waals surface area contributed by atoms with Crippen LogP contribution in [0.1, 0.15) is 13.8 Å². The molecule has 0 spiro atoms. The maximum Gasteiger partial charge on any atom is 0.213 e. The highest BCUT2D eigenvalue weighted by atomic mass is 16.1. The molecule has 0 bridgehead atoms. The molecule has 2 N–H and O–H groups in total. The van der Waals surface area contributed by atoms with Crippen LogP contribution < -0.4 is 10.6 Å². The van der Waals surface area contributed by atoms with Gasteiger partial charge in [-0.05, 0) is 33.0 Å². The summed E-state index contributed by atoms with van der Waals surface area (Å²) in [5.41, 5.74) is 2.00. The third-order valence-electron chi connectivity index (χ3n) is 2.15. The zero-order valence-electron chi connectivity index (χ0n) is 10.0. The molecular formula is C11H21N3O. The molecule has 1 amide bonds. The summed E-state index contributed by atoms with van der Waals surface area (Å²) in [5.74, 6) is 0. The first kappa shape index (κ1) is 13.7. The molecule has 4 nitrogen and oxygen atoms in total. The van der Waals surface area contributed by atoms with Gasteiger partial charge >= 0.3 is 0 Å². The van der Waals surface area contributed by atoms with Crippen molar-refractivity contribution < 1.29 is 4.79 Å². The largest absolute Gasteiger partial charge is 0.392 e. The molecule has 86 valence electrons. The van der Waals surface area contributed by atoms with Gasteiger partial charge in [-0.15, -0.1) is 0 Å². The van der Waals surface area contributed by atoms with E-state index in [1.807, 2.05) is 40.1 Å². The van der Waals surface area contributed by atoms with Crippen LogP contribution >= 0.6 is 0 Å². The Morgan fingerprint density at radius 1 is 1.27 bits per heavy atom. The molecule has 0 fully saturated rings. The Labute approximate surface area is 92.0 Å². The van der Waals surface area contributed by atoms with Gasteiger partial charge in [-0.3, -0.25) is 4.79 Å². The van der Waals surface area contributed by atoms with Gasteiger partial charge in [-0.1, -0.05) is 0 Å². The second-order valence-corrected chi connectivity index (χ2v) is 3.31. The molecule has 0 atom stereocenters. The minimum absolute atomic E-state index is 0.689. The Morgan fingerprint density at radius 2 is 1.93 bits per heavy atom. The van der Waals surface area contributed by atoms with Crippen molar-refractivity contribution >= 4 is 6.41 Å². The van der Waals surface area contributed by atoms with Gasteiger partial charge < -0.3 is 15.5 Å². The normalized spacial score (nSPS) is 12.5. The lowest BCUT2D eigenvalue weighted by Crippen LogP contribution is -2.28. The molecule has 0 aromatic heterocycles. The summed E-state index contributed by atoms with van der Waals surface area (Å²) in [4.78, 5) is 12.5. The summed E-state index contributed by atoms with van der Waals surface area (Å²) in [7, 11) is 3.74. The number of allylic oxidation sites excluding steroid dienone is 4. The van der Waals surface area contributed by atoms with Gasteiger partial charge in [-0.2, -0.15) is 0 Å². The summed E-state index contributed by atoms with van der Waals surface area (Å²) in [6.07, 6.45) is 4.73. The van der Waals surface area contributed by atoms with Gasteiger partial charge in [0, 0.05) is 31.5 Å². The first-order chi connectivity index (χ1) is 7.15. The number of hydrogen-bond donors (Lipinski definition) is 2. The standard InChI is InChI=1S/C11H21N3O/c1-10(13-4)5-6-11(2)14(9-15)8-7-12-3/h5-6,9,12-13H,7-8H2,1-4H3/b10-5-,11-6+. The average Bonchev–Trinajstić information content (AvgIpc) is 2.26. The number of carbonyl (C=O) groups is 1. The van der Waals surface area contributed by atoms with Gasteiger partial charge in [0.05, 0.1) is 0 Å². The molecule has 0 saturated carbocycles. The SMILES string of the molecule is CNCCN(C=O)/C(C)=C/C=C(/C)NC. The van der Waals surface area contributed by atoms with Crippen LogP contribution in [0.25, 0.3) is 0 Å². The zero-order chi connectivity index (χ0) is 11.7. The number of hydrogen-bond acceptors (Lipinski definition) is 3. The molecule has 0 aliphatic rings. The van der Waals surface area contributed by atoms with E-state index in [4.69, 9.17) is 0 Å². The highest BCUT2D eigenvalue weighted by molar-refractivity contribution is 5.51. The third kappa shape index (κ3) is 5.91. The molecule has 0 heterocycles. The summed E-state index contributed by atoms with van der Waals surface area (Å²) in [5, 5.41) is 6.03. The van der Waals surface area contributed by atoms with Gasteiger partial charge in [0.25, 0.3) is 0 Å². The van der Waals surface area contributed by atoms with Crippen LogP contribution in [0.3, 0.4) is 0 Å². The molecule has 0 radical (unpaired) electrons. The molecule has 0 aliphatic heterocycles. The minimum atomic E-state index is 0.689. The summed E-state index contributed by atoms with van der Waals surface area (Å²) in [6, 6.07) is 0. The Kier molecular flexibility index (Phi) is 7.36. The number of rotatable bonds is 7. The molecule has 0 rings (SSSR count). The predicted octanol–water partition coefficient (Wildman–Crippen LogP) is 0.691. The van der Waals surface area contributed by atoms with Gasteiger partial charge in [0.2, 0.25) is 6.41 Å². The monoisotopic (exact) mass is 211 g/mol. The van der Waals surface area contributed by atoms with Gasteiger partial charge in [-0.25, -0.2) is 0 Å². The van der Waals surface area contributed by atoms with Crippen molar-refractivity contribution in [3.05, 3.63) is 23.5 Å². The highest BCUT2D eigenvalue weighted by Gasteiger charge is 2.01. The Morgan fingerprint density at radius 3 is 2.40 bits per heavy atom. The van der Waals surface area contributed by atoms with Crippen molar-refractivity contribution in [2.24, 2.45) is 0 Å². The van der Waals surface area contributed by atoms with Crippen LogP contribution in [0.15, 0.2) is 23.5 Å².